The van der Waals surface area contributed by atoms with Gasteiger partial charge in [0.2, 0.25) is 5.89 Å². The summed E-state index contributed by atoms with van der Waals surface area (Å²) < 4.78 is 5.11. The summed E-state index contributed by atoms with van der Waals surface area (Å²) >= 11 is 1.74. The van der Waals surface area contributed by atoms with Crippen LogP contribution in [0.15, 0.2) is 33.7 Å². The van der Waals surface area contributed by atoms with Gasteiger partial charge in [0, 0.05) is 17.9 Å². The Kier molecular flexibility index (Phi) is 6.08. The molecule has 0 atom stereocenters. The van der Waals surface area contributed by atoms with Crippen LogP contribution in [0.25, 0.3) is 0 Å². The van der Waals surface area contributed by atoms with Gasteiger partial charge in [0.15, 0.2) is 5.82 Å². The summed E-state index contributed by atoms with van der Waals surface area (Å²) in [5, 5.41) is 7.38. The molecule has 108 valence electrons. The monoisotopic (exact) mass is 291 g/mol. The number of nitrogens with zero attached hydrogens (tertiary/aromatic N) is 2. The molecular formula is C15H21N3OS. The minimum atomic E-state index is 0.707. The normalized spacial score (nSPS) is 10.9. The first-order chi connectivity index (χ1) is 9.81. The van der Waals surface area contributed by atoms with Gasteiger partial charge < -0.3 is 9.84 Å². The molecule has 4 nitrogen and oxygen atoms in total. The molecule has 0 fully saturated rings. The maximum Gasteiger partial charge on any atom is 0.226 e. The van der Waals surface area contributed by atoms with Crippen molar-refractivity contribution in [2.45, 2.75) is 43.9 Å². The molecule has 0 radical (unpaired) electrons. The van der Waals surface area contributed by atoms with Gasteiger partial charge >= 0.3 is 0 Å². The zero-order valence-corrected chi connectivity index (χ0v) is 12.9. The second-order valence-electron chi connectivity index (χ2n) is 4.57. The second kappa shape index (κ2) is 8.07. The van der Waals surface area contributed by atoms with Crippen LogP contribution in [0, 0.1) is 0 Å². The van der Waals surface area contributed by atoms with E-state index in [0.717, 1.165) is 37.5 Å². The number of thioether (sulfide) groups is 1. The molecule has 0 spiro atoms. The van der Waals surface area contributed by atoms with Gasteiger partial charge in [0.1, 0.15) is 0 Å². The summed E-state index contributed by atoms with van der Waals surface area (Å²) in [5.41, 5.74) is 1.31. The lowest BCUT2D eigenvalue weighted by Gasteiger charge is -2.05. The van der Waals surface area contributed by atoms with E-state index in [0.29, 0.717) is 5.89 Å². The van der Waals surface area contributed by atoms with Crippen molar-refractivity contribution in [3.63, 3.8) is 0 Å². The van der Waals surface area contributed by atoms with E-state index >= 15 is 0 Å². The molecule has 0 saturated carbocycles. The van der Waals surface area contributed by atoms with Crippen LogP contribution in [0.2, 0.25) is 0 Å². The number of benzene rings is 1. The van der Waals surface area contributed by atoms with E-state index in [1.54, 1.807) is 11.8 Å². The molecule has 0 saturated heterocycles. The third-order valence-corrected chi connectivity index (χ3v) is 3.82. The zero-order valence-electron chi connectivity index (χ0n) is 12.1. The molecule has 0 aliphatic carbocycles. The second-order valence-corrected chi connectivity index (χ2v) is 5.62. The Bertz CT molecular complexity index is 527. The predicted molar refractivity (Wildman–Crippen MR) is 81.7 cm³/mol. The van der Waals surface area contributed by atoms with Gasteiger partial charge in [0.25, 0.3) is 0 Å². The van der Waals surface area contributed by atoms with Crippen molar-refractivity contribution in [2.24, 2.45) is 0 Å². The molecular weight excluding hydrogens is 270 g/mol. The summed E-state index contributed by atoms with van der Waals surface area (Å²) in [6.07, 6.45) is 1.95. The summed E-state index contributed by atoms with van der Waals surface area (Å²) in [7, 11) is 0. The fourth-order valence-corrected chi connectivity index (χ4v) is 2.62. The van der Waals surface area contributed by atoms with E-state index in [9.17, 15) is 0 Å². The molecule has 1 aromatic heterocycles. The highest BCUT2D eigenvalue weighted by Gasteiger charge is 2.05. The standard InChI is InChI=1S/C15H21N3OS/c1-3-8-16-10-12-6-5-7-13(9-12)20-11-14-17-15(4-2)19-18-14/h5-7,9,16H,3-4,8,10-11H2,1-2H3. The van der Waals surface area contributed by atoms with Crippen molar-refractivity contribution < 1.29 is 4.52 Å². The van der Waals surface area contributed by atoms with Crippen LogP contribution in [0.4, 0.5) is 0 Å². The Hall–Kier alpha value is -1.33. The maximum absolute atomic E-state index is 5.11. The van der Waals surface area contributed by atoms with Crippen molar-refractivity contribution in [3.05, 3.63) is 41.5 Å². The van der Waals surface area contributed by atoms with Gasteiger partial charge in [0.05, 0.1) is 5.75 Å². The van der Waals surface area contributed by atoms with Crippen molar-refractivity contribution in [1.82, 2.24) is 15.5 Å². The molecule has 2 aromatic rings. The quantitative estimate of drug-likeness (QED) is 0.596. The van der Waals surface area contributed by atoms with Crippen LogP contribution in [-0.4, -0.2) is 16.7 Å². The van der Waals surface area contributed by atoms with Crippen molar-refractivity contribution in [2.75, 3.05) is 6.54 Å². The van der Waals surface area contributed by atoms with Crippen LogP contribution < -0.4 is 5.32 Å². The fraction of sp³-hybridized carbons (Fsp3) is 0.467. The third-order valence-electron chi connectivity index (χ3n) is 2.83. The lowest BCUT2D eigenvalue weighted by molar-refractivity contribution is 0.378. The molecule has 2 rings (SSSR count). The van der Waals surface area contributed by atoms with Crippen LogP contribution in [0.1, 0.15) is 37.5 Å². The first-order valence-electron chi connectivity index (χ1n) is 7.05. The van der Waals surface area contributed by atoms with Gasteiger partial charge in [-0.15, -0.1) is 11.8 Å². The lowest BCUT2D eigenvalue weighted by Crippen LogP contribution is -2.13. The Morgan fingerprint density at radius 3 is 2.95 bits per heavy atom. The summed E-state index contributed by atoms with van der Waals surface area (Å²) in [5.74, 6) is 2.22. The van der Waals surface area contributed by atoms with Crippen molar-refractivity contribution in [1.29, 1.82) is 0 Å². The molecule has 5 heteroatoms. The van der Waals surface area contributed by atoms with Crippen LogP contribution >= 0.6 is 11.8 Å². The molecule has 1 heterocycles. The Balaban J connectivity index is 1.87. The first-order valence-corrected chi connectivity index (χ1v) is 8.04. The minimum Gasteiger partial charge on any atom is -0.339 e. The molecule has 0 aliphatic heterocycles. The third kappa shape index (κ3) is 4.65. The van der Waals surface area contributed by atoms with E-state index < -0.39 is 0 Å². The van der Waals surface area contributed by atoms with Gasteiger partial charge in [-0.05, 0) is 30.7 Å². The smallest absolute Gasteiger partial charge is 0.226 e. The van der Waals surface area contributed by atoms with E-state index in [2.05, 4.69) is 46.6 Å². The van der Waals surface area contributed by atoms with Gasteiger partial charge in [-0.2, -0.15) is 4.98 Å². The number of hydrogen-bond acceptors (Lipinski definition) is 5. The van der Waals surface area contributed by atoms with Crippen molar-refractivity contribution in [3.8, 4) is 0 Å². The number of nitrogens with one attached hydrogen (secondary N) is 1. The number of aromatic nitrogens is 2. The van der Waals surface area contributed by atoms with E-state index in [-0.39, 0.29) is 0 Å². The molecule has 1 N–H and O–H groups in total. The number of hydrogen-bond donors (Lipinski definition) is 1. The van der Waals surface area contributed by atoms with Crippen LogP contribution in [-0.2, 0) is 18.7 Å². The Morgan fingerprint density at radius 1 is 1.30 bits per heavy atom. The first kappa shape index (κ1) is 15.1. The topological polar surface area (TPSA) is 51.0 Å². The van der Waals surface area contributed by atoms with Gasteiger partial charge in [-0.3, -0.25) is 0 Å². The highest BCUT2D eigenvalue weighted by molar-refractivity contribution is 7.98. The van der Waals surface area contributed by atoms with E-state index in [4.69, 9.17) is 4.52 Å². The highest BCUT2D eigenvalue weighted by atomic mass is 32.2. The summed E-state index contributed by atoms with van der Waals surface area (Å²) in [6.45, 7) is 6.16. The average Bonchev–Trinajstić information content (AvgIpc) is 2.94. The van der Waals surface area contributed by atoms with Crippen LogP contribution in [0.5, 0.6) is 0 Å². The summed E-state index contributed by atoms with van der Waals surface area (Å²) in [4.78, 5) is 5.56. The predicted octanol–water partition coefficient (Wildman–Crippen LogP) is 3.42. The number of rotatable bonds is 8. The SMILES string of the molecule is CCCNCc1cccc(SCc2noc(CC)n2)c1. The molecule has 0 aliphatic rings. The molecule has 20 heavy (non-hydrogen) atoms. The Labute approximate surface area is 124 Å². The number of aryl methyl sites for hydroxylation is 1. The molecule has 0 amide bonds. The van der Waals surface area contributed by atoms with E-state index in [1.165, 1.54) is 10.5 Å². The van der Waals surface area contributed by atoms with Crippen molar-refractivity contribution >= 4 is 11.8 Å². The summed E-state index contributed by atoms with van der Waals surface area (Å²) in [6, 6.07) is 8.58. The minimum absolute atomic E-state index is 0.707. The molecule has 0 unspecified atom stereocenters. The Morgan fingerprint density at radius 2 is 2.20 bits per heavy atom. The zero-order chi connectivity index (χ0) is 14.2. The van der Waals surface area contributed by atoms with Gasteiger partial charge in [-0.25, -0.2) is 0 Å². The highest BCUT2D eigenvalue weighted by Crippen LogP contribution is 2.22. The average molecular weight is 291 g/mol. The largest absolute Gasteiger partial charge is 0.339 e. The fourth-order valence-electron chi connectivity index (χ4n) is 1.79. The van der Waals surface area contributed by atoms with Crippen LogP contribution in [0.3, 0.4) is 0 Å². The molecule has 0 bridgehead atoms. The maximum atomic E-state index is 5.11. The van der Waals surface area contributed by atoms with Gasteiger partial charge in [-0.1, -0.05) is 31.1 Å². The van der Waals surface area contributed by atoms with E-state index in [1.807, 2.05) is 6.92 Å². The lowest BCUT2D eigenvalue weighted by atomic mass is 10.2. The molecule has 1 aromatic carbocycles.